The summed E-state index contributed by atoms with van der Waals surface area (Å²) in [6.45, 7) is 12.8. The Morgan fingerprint density at radius 1 is 1.14 bits per heavy atom. The first-order chi connectivity index (χ1) is 9.85. The Kier molecular flexibility index (Phi) is 5.28. The molecule has 3 nitrogen and oxygen atoms in total. The quantitative estimate of drug-likeness (QED) is 0.609. The Balaban J connectivity index is 1.89. The van der Waals surface area contributed by atoms with E-state index < -0.39 is 0 Å². The summed E-state index contributed by atoms with van der Waals surface area (Å²) in [4.78, 5) is 0. The molecule has 0 aromatic heterocycles. The highest BCUT2D eigenvalue weighted by molar-refractivity contribution is 5.43. The number of nitrogens with one attached hydrogen (secondary N) is 1. The van der Waals surface area contributed by atoms with E-state index in [0.717, 1.165) is 24.8 Å². The molecule has 3 heteroatoms. The number of aryl methyl sites for hydroxylation is 2. The zero-order valence-corrected chi connectivity index (χ0v) is 14.1. The fraction of sp³-hybridized carbons (Fsp3) is 0.667. The van der Waals surface area contributed by atoms with Gasteiger partial charge in [0.05, 0.1) is 6.61 Å². The Hall–Kier alpha value is -1.06. The molecule has 1 aromatic rings. The highest BCUT2D eigenvalue weighted by Gasteiger charge is 2.21. The van der Waals surface area contributed by atoms with Crippen LogP contribution in [0.2, 0.25) is 0 Å². The van der Waals surface area contributed by atoms with Crippen LogP contribution in [0.3, 0.4) is 0 Å². The molecule has 1 saturated carbocycles. The van der Waals surface area contributed by atoms with Gasteiger partial charge in [0.15, 0.2) is 6.79 Å². The van der Waals surface area contributed by atoms with Gasteiger partial charge in [-0.15, -0.1) is 0 Å². The van der Waals surface area contributed by atoms with Gasteiger partial charge in [-0.2, -0.15) is 0 Å². The van der Waals surface area contributed by atoms with Gasteiger partial charge in [0, 0.05) is 12.1 Å². The van der Waals surface area contributed by atoms with Crippen LogP contribution in [-0.2, 0) is 11.3 Å². The van der Waals surface area contributed by atoms with Crippen LogP contribution in [0.5, 0.6) is 5.75 Å². The van der Waals surface area contributed by atoms with Crippen LogP contribution in [0.25, 0.3) is 0 Å². The Morgan fingerprint density at radius 2 is 1.76 bits per heavy atom. The molecule has 0 heterocycles. The first-order valence-electron chi connectivity index (χ1n) is 7.91. The van der Waals surface area contributed by atoms with Gasteiger partial charge in [-0.25, -0.2) is 0 Å². The molecule has 1 aromatic carbocycles. The van der Waals surface area contributed by atoms with Crippen LogP contribution in [0, 0.1) is 19.8 Å². The molecule has 0 amide bonds. The van der Waals surface area contributed by atoms with Gasteiger partial charge in [-0.05, 0) is 70.1 Å². The fourth-order valence-corrected chi connectivity index (χ4v) is 2.34. The zero-order valence-electron chi connectivity index (χ0n) is 14.1. The topological polar surface area (TPSA) is 30.5 Å². The molecule has 0 saturated heterocycles. The lowest BCUT2D eigenvalue weighted by molar-refractivity contribution is 0.00922. The van der Waals surface area contributed by atoms with Crippen molar-refractivity contribution < 1.29 is 9.47 Å². The summed E-state index contributed by atoms with van der Waals surface area (Å²) in [5.41, 5.74) is 3.78. The lowest BCUT2D eigenvalue weighted by Crippen LogP contribution is -2.35. The fourth-order valence-electron chi connectivity index (χ4n) is 2.34. The summed E-state index contributed by atoms with van der Waals surface area (Å²) < 4.78 is 11.4. The molecular weight excluding hydrogens is 262 g/mol. The minimum atomic E-state index is 0.133. The van der Waals surface area contributed by atoms with Crippen molar-refractivity contribution in [2.45, 2.75) is 59.5 Å². The van der Waals surface area contributed by atoms with Crippen molar-refractivity contribution in [1.82, 2.24) is 5.32 Å². The molecule has 118 valence electrons. The second-order valence-corrected chi connectivity index (χ2v) is 7.24. The third kappa shape index (κ3) is 5.68. The van der Waals surface area contributed by atoms with Gasteiger partial charge in [-0.3, -0.25) is 0 Å². The SMILES string of the molecule is Cc1cc(CNC(C)(C)C)cc(C)c1OCOCC1CC1. The van der Waals surface area contributed by atoms with Gasteiger partial charge in [-0.1, -0.05) is 12.1 Å². The Labute approximate surface area is 129 Å². The third-order valence-corrected chi connectivity index (χ3v) is 3.68. The maximum Gasteiger partial charge on any atom is 0.189 e. The predicted octanol–water partition coefficient (Wildman–Crippen LogP) is 3.95. The van der Waals surface area contributed by atoms with Crippen LogP contribution in [0.1, 0.15) is 50.3 Å². The van der Waals surface area contributed by atoms with Gasteiger partial charge in [0.2, 0.25) is 0 Å². The summed E-state index contributed by atoms with van der Waals surface area (Å²) in [5, 5.41) is 3.52. The van der Waals surface area contributed by atoms with E-state index >= 15 is 0 Å². The van der Waals surface area contributed by atoms with Crippen molar-refractivity contribution in [3.8, 4) is 5.75 Å². The largest absolute Gasteiger partial charge is 0.467 e. The van der Waals surface area contributed by atoms with E-state index in [1.807, 2.05) is 0 Å². The smallest absolute Gasteiger partial charge is 0.189 e. The molecular formula is C18H29NO2. The summed E-state index contributed by atoms with van der Waals surface area (Å²) in [6.07, 6.45) is 2.63. The van der Waals surface area contributed by atoms with E-state index in [-0.39, 0.29) is 5.54 Å². The lowest BCUT2D eigenvalue weighted by Gasteiger charge is -2.21. The van der Waals surface area contributed by atoms with Crippen molar-refractivity contribution in [2.24, 2.45) is 5.92 Å². The molecule has 0 spiro atoms. The Bertz CT molecular complexity index is 450. The zero-order chi connectivity index (χ0) is 15.5. The van der Waals surface area contributed by atoms with Crippen LogP contribution in [0.15, 0.2) is 12.1 Å². The number of benzene rings is 1. The maximum atomic E-state index is 5.80. The predicted molar refractivity (Wildman–Crippen MR) is 86.7 cm³/mol. The van der Waals surface area contributed by atoms with E-state index in [1.54, 1.807) is 0 Å². The van der Waals surface area contributed by atoms with Crippen LogP contribution in [0.4, 0.5) is 0 Å². The van der Waals surface area contributed by atoms with E-state index in [2.05, 4.69) is 52.1 Å². The normalized spacial score (nSPS) is 15.3. The first kappa shape index (κ1) is 16.3. The number of rotatable bonds is 7. The molecule has 21 heavy (non-hydrogen) atoms. The van der Waals surface area contributed by atoms with E-state index in [9.17, 15) is 0 Å². The number of hydrogen-bond acceptors (Lipinski definition) is 3. The summed E-state index contributed by atoms with van der Waals surface area (Å²) >= 11 is 0. The van der Waals surface area contributed by atoms with Gasteiger partial charge >= 0.3 is 0 Å². The molecule has 1 fully saturated rings. The lowest BCUT2D eigenvalue weighted by atomic mass is 10.0. The molecule has 0 atom stereocenters. The standard InChI is InChI=1S/C18H29NO2/c1-13-8-16(10-19-18(3,4)5)9-14(2)17(13)21-12-20-11-15-6-7-15/h8-9,15,19H,6-7,10-12H2,1-5H3. The van der Waals surface area contributed by atoms with Crippen molar-refractivity contribution >= 4 is 0 Å². The number of hydrogen-bond donors (Lipinski definition) is 1. The first-order valence-corrected chi connectivity index (χ1v) is 7.91. The molecule has 0 radical (unpaired) electrons. The second-order valence-electron chi connectivity index (χ2n) is 7.24. The minimum absolute atomic E-state index is 0.133. The van der Waals surface area contributed by atoms with Crippen molar-refractivity contribution in [2.75, 3.05) is 13.4 Å². The van der Waals surface area contributed by atoms with Gasteiger partial charge < -0.3 is 14.8 Å². The molecule has 0 aliphatic heterocycles. The molecule has 0 bridgehead atoms. The average Bonchev–Trinajstić information content (AvgIpc) is 3.18. The van der Waals surface area contributed by atoms with Crippen LogP contribution >= 0.6 is 0 Å². The average molecular weight is 291 g/mol. The van der Waals surface area contributed by atoms with Crippen molar-refractivity contribution in [1.29, 1.82) is 0 Å². The summed E-state index contributed by atoms with van der Waals surface area (Å²) in [7, 11) is 0. The van der Waals surface area contributed by atoms with E-state index in [4.69, 9.17) is 9.47 Å². The van der Waals surface area contributed by atoms with E-state index in [1.165, 1.54) is 29.5 Å². The maximum absolute atomic E-state index is 5.80. The second kappa shape index (κ2) is 6.80. The van der Waals surface area contributed by atoms with Crippen molar-refractivity contribution in [3.05, 3.63) is 28.8 Å². The summed E-state index contributed by atoms with van der Waals surface area (Å²) in [5.74, 6) is 1.74. The molecule has 1 aliphatic carbocycles. The van der Waals surface area contributed by atoms with Crippen molar-refractivity contribution in [3.63, 3.8) is 0 Å². The van der Waals surface area contributed by atoms with E-state index in [0.29, 0.717) is 6.79 Å². The highest BCUT2D eigenvalue weighted by Crippen LogP contribution is 2.29. The van der Waals surface area contributed by atoms with Crippen LogP contribution in [-0.4, -0.2) is 18.9 Å². The molecule has 1 N–H and O–H groups in total. The highest BCUT2D eigenvalue weighted by atomic mass is 16.7. The summed E-state index contributed by atoms with van der Waals surface area (Å²) in [6, 6.07) is 4.39. The van der Waals surface area contributed by atoms with Crippen LogP contribution < -0.4 is 10.1 Å². The van der Waals surface area contributed by atoms with Gasteiger partial charge in [0.1, 0.15) is 5.75 Å². The monoisotopic (exact) mass is 291 g/mol. The van der Waals surface area contributed by atoms with Gasteiger partial charge in [0.25, 0.3) is 0 Å². The number of ether oxygens (including phenoxy) is 2. The third-order valence-electron chi connectivity index (χ3n) is 3.68. The Morgan fingerprint density at radius 3 is 2.29 bits per heavy atom. The molecule has 0 unspecified atom stereocenters. The molecule has 2 rings (SSSR count). The molecule has 1 aliphatic rings. The minimum Gasteiger partial charge on any atom is -0.467 e.